The number of halogens is 1. The van der Waals surface area contributed by atoms with Crippen molar-refractivity contribution in [2.45, 2.75) is 19.3 Å². The zero-order valence-electron chi connectivity index (χ0n) is 6.62. The van der Waals surface area contributed by atoms with Crippen molar-refractivity contribution in [2.24, 2.45) is 0 Å². The van der Waals surface area contributed by atoms with Crippen molar-refractivity contribution in [1.82, 2.24) is 4.98 Å². The van der Waals surface area contributed by atoms with Gasteiger partial charge in [-0.05, 0) is 12.8 Å². The number of oxazole rings is 1. The summed E-state index contributed by atoms with van der Waals surface area (Å²) in [6, 6.07) is 0. The van der Waals surface area contributed by atoms with Gasteiger partial charge in [0.2, 0.25) is 5.78 Å². The molecule has 0 aliphatic carbocycles. The standard InChI is InChI=1S/C8H10ClNO2/c9-4-2-1-3-7(11)8-10-5-6-12-8/h5-6H,1-4H2. The first kappa shape index (κ1) is 9.26. The fourth-order valence-corrected chi connectivity index (χ4v) is 1.04. The summed E-state index contributed by atoms with van der Waals surface area (Å²) in [5.74, 6) is 0.744. The van der Waals surface area contributed by atoms with E-state index in [4.69, 9.17) is 16.0 Å². The molecule has 0 saturated carbocycles. The van der Waals surface area contributed by atoms with Crippen LogP contribution in [0.1, 0.15) is 29.9 Å². The number of carbonyl (C=O) groups is 1. The van der Waals surface area contributed by atoms with E-state index in [1.54, 1.807) is 0 Å². The summed E-state index contributed by atoms with van der Waals surface area (Å²) in [5, 5.41) is 0. The third-order valence-corrected chi connectivity index (χ3v) is 1.73. The number of nitrogens with zero attached hydrogens (tertiary/aromatic N) is 1. The van der Waals surface area contributed by atoms with Crippen LogP contribution in [0.3, 0.4) is 0 Å². The van der Waals surface area contributed by atoms with E-state index in [9.17, 15) is 4.79 Å². The number of aromatic nitrogens is 1. The molecular formula is C8H10ClNO2. The lowest BCUT2D eigenvalue weighted by Gasteiger charge is -1.93. The highest BCUT2D eigenvalue weighted by Crippen LogP contribution is 2.04. The Morgan fingerprint density at radius 3 is 3.00 bits per heavy atom. The van der Waals surface area contributed by atoms with Gasteiger partial charge in [0.1, 0.15) is 6.26 Å². The predicted molar refractivity (Wildman–Crippen MR) is 45.4 cm³/mol. The second-order valence-electron chi connectivity index (χ2n) is 2.41. The van der Waals surface area contributed by atoms with E-state index >= 15 is 0 Å². The van der Waals surface area contributed by atoms with Crippen LogP contribution in [-0.2, 0) is 0 Å². The molecule has 0 aliphatic heterocycles. The van der Waals surface area contributed by atoms with E-state index in [1.165, 1.54) is 12.5 Å². The Hall–Kier alpha value is -0.830. The van der Waals surface area contributed by atoms with Gasteiger partial charge in [-0.15, -0.1) is 11.6 Å². The average molecular weight is 188 g/mol. The fourth-order valence-electron chi connectivity index (χ4n) is 0.848. The van der Waals surface area contributed by atoms with Gasteiger partial charge in [0.15, 0.2) is 0 Å². The molecule has 12 heavy (non-hydrogen) atoms. The zero-order valence-corrected chi connectivity index (χ0v) is 7.38. The Kier molecular flexibility index (Phi) is 3.80. The van der Waals surface area contributed by atoms with Gasteiger partial charge < -0.3 is 4.42 Å². The van der Waals surface area contributed by atoms with E-state index in [-0.39, 0.29) is 11.7 Å². The van der Waals surface area contributed by atoms with Crippen molar-refractivity contribution in [3.05, 3.63) is 18.4 Å². The maximum Gasteiger partial charge on any atom is 0.263 e. The molecule has 0 bridgehead atoms. The van der Waals surface area contributed by atoms with Gasteiger partial charge in [-0.2, -0.15) is 0 Å². The molecule has 1 heterocycles. The number of hydrogen-bond donors (Lipinski definition) is 0. The molecule has 0 N–H and O–H groups in total. The Morgan fingerprint density at radius 2 is 2.42 bits per heavy atom. The topological polar surface area (TPSA) is 43.1 Å². The minimum Gasteiger partial charge on any atom is -0.442 e. The Labute approximate surface area is 75.7 Å². The maximum atomic E-state index is 11.2. The smallest absolute Gasteiger partial charge is 0.263 e. The van der Waals surface area contributed by atoms with E-state index < -0.39 is 0 Å². The first-order valence-corrected chi connectivity index (χ1v) is 4.36. The molecule has 4 heteroatoms. The summed E-state index contributed by atoms with van der Waals surface area (Å²) in [6.45, 7) is 0. The van der Waals surface area contributed by atoms with Crippen LogP contribution in [0.15, 0.2) is 16.9 Å². The average Bonchev–Trinajstić information content (AvgIpc) is 2.56. The highest BCUT2D eigenvalue weighted by Gasteiger charge is 2.08. The molecule has 0 aromatic carbocycles. The van der Waals surface area contributed by atoms with Crippen molar-refractivity contribution in [2.75, 3.05) is 5.88 Å². The Bertz CT molecular complexity index is 233. The van der Waals surface area contributed by atoms with Crippen molar-refractivity contribution in [3.63, 3.8) is 0 Å². The SMILES string of the molecule is O=C(CCCCCl)c1ncco1. The van der Waals surface area contributed by atoms with Crippen LogP contribution in [-0.4, -0.2) is 16.6 Å². The van der Waals surface area contributed by atoms with Crippen LogP contribution in [0.25, 0.3) is 0 Å². The monoisotopic (exact) mass is 187 g/mol. The molecule has 0 radical (unpaired) electrons. The lowest BCUT2D eigenvalue weighted by molar-refractivity contribution is 0.0946. The Morgan fingerprint density at radius 1 is 1.58 bits per heavy atom. The van der Waals surface area contributed by atoms with Gasteiger partial charge in [0, 0.05) is 12.3 Å². The quantitative estimate of drug-likeness (QED) is 0.404. The molecule has 66 valence electrons. The molecule has 0 atom stereocenters. The largest absolute Gasteiger partial charge is 0.442 e. The Balaban J connectivity index is 2.30. The zero-order chi connectivity index (χ0) is 8.81. The fraction of sp³-hybridized carbons (Fsp3) is 0.500. The number of Topliss-reactive ketones (excluding diaryl/α,β-unsaturated/α-hetero) is 1. The lowest BCUT2D eigenvalue weighted by atomic mass is 10.2. The molecule has 0 saturated heterocycles. The number of carbonyl (C=O) groups excluding carboxylic acids is 1. The number of rotatable bonds is 5. The van der Waals surface area contributed by atoms with Gasteiger partial charge in [-0.1, -0.05) is 0 Å². The first-order chi connectivity index (χ1) is 5.84. The molecule has 0 spiro atoms. The van der Waals surface area contributed by atoms with Gasteiger partial charge in [0.25, 0.3) is 5.89 Å². The first-order valence-electron chi connectivity index (χ1n) is 3.83. The third kappa shape index (κ3) is 2.66. The molecular weight excluding hydrogens is 178 g/mol. The second-order valence-corrected chi connectivity index (χ2v) is 2.78. The minimum absolute atomic E-state index is 0.0508. The molecule has 0 aliphatic rings. The summed E-state index contributed by atoms with van der Waals surface area (Å²) in [6.07, 6.45) is 4.98. The van der Waals surface area contributed by atoms with Crippen molar-refractivity contribution in [3.8, 4) is 0 Å². The summed E-state index contributed by atoms with van der Waals surface area (Å²) in [4.78, 5) is 14.9. The van der Waals surface area contributed by atoms with E-state index in [0.29, 0.717) is 12.3 Å². The van der Waals surface area contributed by atoms with Crippen molar-refractivity contribution in [1.29, 1.82) is 0 Å². The molecule has 1 rings (SSSR count). The molecule has 1 aromatic rings. The predicted octanol–water partition coefficient (Wildman–Crippen LogP) is 2.27. The molecule has 0 amide bonds. The van der Waals surface area contributed by atoms with Gasteiger partial charge >= 0.3 is 0 Å². The van der Waals surface area contributed by atoms with Crippen LogP contribution in [0.5, 0.6) is 0 Å². The summed E-state index contributed by atoms with van der Waals surface area (Å²) >= 11 is 5.46. The van der Waals surface area contributed by atoms with Crippen LogP contribution >= 0.6 is 11.6 Å². The van der Waals surface area contributed by atoms with Crippen molar-refractivity contribution >= 4 is 17.4 Å². The summed E-state index contributed by atoms with van der Waals surface area (Å²) in [5.41, 5.74) is 0. The summed E-state index contributed by atoms with van der Waals surface area (Å²) < 4.78 is 4.83. The number of hydrogen-bond acceptors (Lipinski definition) is 3. The van der Waals surface area contributed by atoms with Crippen LogP contribution in [0.4, 0.5) is 0 Å². The van der Waals surface area contributed by atoms with E-state index in [0.717, 1.165) is 12.8 Å². The highest BCUT2D eigenvalue weighted by molar-refractivity contribution is 6.17. The number of alkyl halides is 1. The molecule has 0 fully saturated rings. The van der Waals surface area contributed by atoms with Gasteiger partial charge in [-0.25, -0.2) is 4.98 Å². The minimum atomic E-state index is -0.0508. The van der Waals surface area contributed by atoms with E-state index in [1.807, 2.05) is 0 Å². The number of unbranched alkanes of at least 4 members (excludes halogenated alkanes) is 1. The number of ketones is 1. The lowest BCUT2D eigenvalue weighted by Crippen LogP contribution is -1.98. The van der Waals surface area contributed by atoms with Crippen molar-refractivity contribution < 1.29 is 9.21 Å². The van der Waals surface area contributed by atoms with Crippen LogP contribution < -0.4 is 0 Å². The maximum absolute atomic E-state index is 11.2. The molecule has 0 unspecified atom stereocenters. The summed E-state index contributed by atoms with van der Waals surface area (Å²) in [7, 11) is 0. The van der Waals surface area contributed by atoms with E-state index in [2.05, 4.69) is 4.98 Å². The van der Waals surface area contributed by atoms with Gasteiger partial charge in [0.05, 0.1) is 6.20 Å². The molecule has 3 nitrogen and oxygen atoms in total. The van der Waals surface area contributed by atoms with Crippen LogP contribution in [0, 0.1) is 0 Å². The van der Waals surface area contributed by atoms with Gasteiger partial charge in [-0.3, -0.25) is 4.79 Å². The van der Waals surface area contributed by atoms with Crippen LogP contribution in [0.2, 0.25) is 0 Å². The third-order valence-electron chi connectivity index (χ3n) is 1.46. The normalized spacial score (nSPS) is 10.1. The second kappa shape index (κ2) is 4.93. The molecule has 1 aromatic heterocycles. The highest BCUT2D eigenvalue weighted by atomic mass is 35.5.